The second-order valence-electron chi connectivity index (χ2n) is 8.98. The quantitative estimate of drug-likeness (QED) is 0.383. The van der Waals surface area contributed by atoms with Crippen LogP contribution in [0.1, 0.15) is 35.8 Å². The zero-order valence-electron chi connectivity index (χ0n) is 20.8. The lowest BCUT2D eigenvalue weighted by atomic mass is 10.1. The van der Waals surface area contributed by atoms with Crippen molar-refractivity contribution in [2.24, 2.45) is 7.05 Å². The van der Waals surface area contributed by atoms with Crippen LogP contribution in [0.4, 0.5) is 14.5 Å². The highest BCUT2D eigenvalue weighted by atomic mass is 19.1. The molecule has 4 aromatic rings. The Bertz CT molecular complexity index is 1650. The summed E-state index contributed by atoms with van der Waals surface area (Å²) in [5.41, 5.74) is -1.27. The number of ether oxygens (including phenoxy) is 1. The van der Waals surface area contributed by atoms with E-state index in [9.17, 15) is 14.4 Å². The second kappa shape index (κ2) is 9.34. The largest absolute Gasteiger partial charge is 0.462 e. The zero-order chi connectivity index (χ0) is 26.4. The van der Waals surface area contributed by atoms with Gasteiger partial charge in [-0.25, -0.2) is 18.3 Å². The average molecular weight is 509 g/mol. The fourth-order valence-corrected chi connectivity index (χ4v) is 5.00. The summed E-state index contributed by atoms with van der Waals surface area (Å²) in [4.78, 5) is 41.3. The second-order valence-corrected chi connectivity index (χ2v) is 8.98. The van der Waals surface area contributed by atoms with E-state index in [1.165, 1.54) is 9.25 Å². The molecule has 0 aliphatic carbocycles. The normalized spacial score (nSPS) is 13.5. The maximum Gasteiger partial charge on any atom is 0.343 e. The van der Waals surface area contributed by atoms with Crippen LogP contribution in [0.3, 0.4) is 0 Å². The van der Waals surface area contributed by atoms with Gasteiger partial charge in [0, 0.05) is 26.3 Å². The predicted molar refractivity (Wildman–Crippen MR) is 136 cm³/mol. The van der Waals surface area contributed by atoms with Crippen molar-refractivity contribution in [3.63, 3.8) is 0 Å². The van der Waals surface area contributed by atoms with Gasteiger partial charge in [-0.3, -0.25) is 14.3 Å². The number of hydrogen-bond acceptors (Lipinski definition) is 5. The van der Waals surface area contributed by atoms with Crippen LogP contribution in [0.5, 0.6) is 0 Å². The van der Waals surface area contributed by atoms with Gasteiger partial charge >= 0.3 is 5.97 Å². The summed E-state index contributed by atoms with van der Waals surface area (Å²) in [7, 11) is 1.68. The Labute approximate surface area is 210 Å². The van der Waals surface area contributed by atoms with E-state index in [4.69, 9.17) is 4.74 Å². The summed E-state index contributed by atoms with van der Waals surface area (Å²) in [6, 6.07) is 9.82. The lowest BCUT2D eigenvalue weighted by molar-refractivity contribution is 0.0524. The van der Waals surface area contributed by atoms with Crippen LogP contribution < -0.4 is 15.9 Å². The Morgan fingerprint density at radius 1 is 1.05 bits per heavy atom. The van der Waals surface area contributed by atoms with Crippen LogP contribution in [0.25, 0.3) is 22.3 Å². The lowest BCUT2D eigenvalue weighted by Crippen LogP contribution is -2.26. The topological polar surface area (TPSA) is 78.5 Å². The summed E-state index contributed by atoms with van der Waals surface area (Å²) in [6.07, 6.45) is 2.69. The molecule has 192 valence electrons. The van der Waals surface area contributed by atoms with E-state index in [-0.39, 0.29) is 28.9 Å². The Morgan fingerprint density at radius 2 is 1.73 bits per heavy atom. The molecule has 3 heterocycles. The van der Waals surface area contributed by atoms with Crippen LogP contribution in [0.2, 0.25) is 0 Å². The minimum absolute atomic E-state index is 0.00188. The van der Waals surface area contributed by atoms with E-state index in [0.29, 0.717) is 24.5 Å². The Kier molecular flexibility index (Phi) is 6.18. The third-order valence-electron chi connectivity index (χ3n) is 6.84. The molecule has 0 unspecified atom stereocenters. The van der Waals surface area contributed by atoms with Gasteiger partial charge in [-0.15, -0.1) is 0 Å². The van der Waals surface area contributed by atoms with E-state index < -0.39 is 34.2 Å². The van der Waals surface area contributed by atoms with Crippen molar-refractivity contribution in [1.29, 1.82) is 0 Å². The number of benzene rings is 2. The zero-order valence-corrected chi connectivity index (χ0v) is 20.8. The molecule has 0 amide bonds. The van der Waals surface area contributed by atoms with Gasteiger partial charge in [-0.05, 0) is 44.9 Å². The highest BCUT2D eigenvalue weighted by molar-refractivity contribution is 5.95. The van der Waals surface area contributed by atoms with E-state index in [2.05, 4.69) is 0 Å². The summed E-state index contributed by atoms with van der Waals surface area (Å²) in [6.45, 7) is 4.19. The van der Waals surface area contributed by atoms with Crippen molar-refractivity contribution < 1.29 is 18.3 Å². The molecule has 1 fully saturated rings. The van der Waals surface area contributed by atoms with Gasteiger partial charge < -0.3 is 14.2 Å². The number of pyridine rings is 1. The van der Waals surface area contributed by atoms with Crippen LogP contribution in [0, 0.1) is 18.6 Å². The molecule has 0 spiro atoms. The fraction of sp³-hybridized carbons (Fsp3) is 0.296. The summed E-state index contributed by atoms with van der Waals surface area (Å²) < 4.78 is 40.7. The van der Waals surface area contributed by atoms with E-state index >= 15 is 8.78 Å². The SMILES string of the molecule is CCOC(=O)c1cn(-c2c(C)n(C)n(-c3ccccc3)c2=O)c2c(F)c(N3CCCC3)c(F)cc2c1=O. The first kappa shape index (κ1) is 24.5. The first-order valence-corrected chi connectivity index (χ1v) is 12.1. The van der Waals surface area contributed by atoms with Crippen LogP contribution >= 0.6 is 0 Å². The Balaban J connectivity index is 1.91. The third-order valence-corrected chi connectivity index (χ3v) is 6.84. The molecule has 1 saturated heterocycles. The molecule has 5 rings (SSSR count). The van der Waals surface area contributed by atoms with E-state index in [1.54, 1.807) is 54.7 Å². The minimum Gasteiger partial charge on any atom is -0.462 e. The van der Waals surface area contributed by atoms with Gasteiger partial charge in [-0.2, -0.15) is 0 Å². The van der Waals surface area contributed by atoms with Crippen molar-refractivity contribution in [3.8, 4) is 11.4 Å². The number of para-hydroxylation sites is 1. The number of hydrogen-bond donors (Lipinski definition) is 0. The highest BCUT2D eigenvalue weighted by Crippen LogP contribution is 2.33. The van der Waals surface area contributed by atoms with Crippen LogP contribution in [-0.4, -0.2) is 39.6 Å². The number of halogens is 2. The maximum atomic E-state index is 16.2. The molecule has 0 saturated carbocycles. The number of esters is 1. The molecule has 10 heteroatoms. The number of rotatable bonds is 5. The molecule has 2 aromatic heterocycles. The standard InChI is InChI=1S/C27H26F2N4O4/c1-4-37-27(36)19-15-32(22-16(2)30(3)33(26(22)35)17-10-6-5-7-11-17)23-18(25(19)34)14-20(28)24(21(23)29)31-12-8-9-13-31/h5-7,10-11,14-15H,4,8-9,12-13H2,1-3H3. The molecule has 2 aromatic carbocycles. The number of anilines is 1. The monoisotopic (exact) mass is 508 g/mol. The van der Waals surface area contributed by atoms with E-state index in [0.717, 1.165) is 25.1 Å². The van der Waals surface area contributed by atoms with Crippen molar-refractivity contribution in [2.45, 2.75) is 26.7 Å². The van der Waals surface area contributed by atoms with Gasteiger partial charge in [0.05, 0.1) is 28.9 Å². The number of carbonyl (C=O) groups excluding carboxylic acids is 1. The summed E-state index contributed by atoms with van der Waals surface area (Å²) in [5.74, 6) is -2.80. The van der Waals surface area contributed by atoms with Crippen LogP contribution in [-0.2, 0) is 11.8 Å². The molecule has 0 bridgehead atoms. The van der Waals surface area contributed by atoms with Crippen LogP contribution in [0.15, 0.2) is 52.2 Å². The summed E-state index contributed by atoms with van der Waals surface area (Å²) in [5, 5.41) is -0.350. The Hall–Kier alpha value is -4.21. The molecule has 1 aliphatic heterocycles. The van der Waals surface area contributed by atoms with Gasteiger partial charge in [0.1, 0.15) is 22.8 Å². The van der Waals surface area contributed by atoms with Gasteiger partial charge in [-0.1, -0.05) is 18.2 Å². The first-order chi connectivity index (χ1) is 17.8. The summed E-state index contributed by atoms with van der Waals surface area (Å²) >= 11 is 0. The molecular formula is C27H26F2N4O4. The smallest absolute Gasteiger partial charge is 0.343 e. The van der Waals surface area contributed by atoms with Gasteiger partial charge in [0.25, 0.3) is 5.56 Å². The number of fused-ring (bicyclic) bond motifs is 1. The van der Waals surface area contributed by atoms with Crippen molar-refractivity contribution in [2.75, 3.05) is 24.6 Å². The van der Waals surface area contributed by atoms with E-state index in [1.807, 2.05) is 6.07 Å². The number of nitrogens with zero attached hydrogens (tertiary/aromatic N) is 4. The molecule has 37 heavy (non-hydrogen) atoms. The molecule has 8 nitrogen and oxygen atoms in total. The molecule has 0 atom stereocenters. The van der Waals surface area contributed by atoms with Gasteiger partial charge in [0.15, 0.2) is 5.82 Å². The highest BCUT2D eigenvalue weighted by Gasteiger charge is 2.29. The molecule has 0 N–H and O–H groups in total. The van der Waals surface area contributed by atoms with Crippen molar-refractivity contribution in [3.05, 3.63) is 86.1 Å². The fourth-order valence-electron chi connectivity index (χ4n) is 5.00. The van der Waals surface area contributed by atoms with Gasteiger partial charge in [0.2, 0.25) is 5.43 Å². The molecule has 1 aliphatic rings. The molecule has 0 radical (unpaired) electrons. The maximum absolute atomic E-state index is 16.2. The lowest BCUT2D eigenvalue weighted by Gasteiger charge is -2.21. The average Bonchev–Trinajstić information content (AvgIpc) is 3.47. The minimum atomic E-state index is -0.960. The predicted octanol–water partition coefficient (Wildman–Crippen LogP) is 3.84. The third kappa shape index (κ3) is 3.83. The molecular weight excluding hydrogens is 482 g/mol. The number of aromatic nitrogens is 3. The first-order valence-electron chi connectivity index (χ1n) is 12.1. The van der Waals surface area contributed by atoms with Crippen molar-refractivity contribution in [1.82, 2.24) is 13.9 Å². The Morgan fingerprint density at radius 3 is 2.38 bits per heavy atom. The number of carbonyl (C=O) groups is 1. The van der Waals surface area contributed by atoms with Crippen molar-refractivity contribution >= 4 is 22.6 Å².